The molecular weight excluding hydrogens is 238 g/mol. The zero-order valence-corrected chi connectivity index (χ0v) is 11.8. The molecule has 0 fully saturated rings. The van der Waals surface area contributed by atoms with Gasteiger partial charge in [0.1, 0.15) is 0 Å². The third-order valence-corrected chi connectivity index (χ3v) is 3.14. The number of aliphatic hydroxyl groups is 1. The van der Waals surface area contributed by atoms with Gasteiger partial charge in [0.15, 0.2) is 0 Å². The Morgan fingerprint density at radius 2 is 1.89 bits per heavy atom. The van der Waals surface area contributed by atoms with Crippen LogP contribution in [0.2, 0.25) is 0 Å². The Labute approximate surface area is 115 Å². The maximum absolute atomic E-state index is 9.93. The fourth-order valence-corrected chi connectivity index (χ4v) is 1.91. The summed E-state index contributed by atoms with van der Waals surface area (Å²) in [5.74, 6) is 0. The van der Waals surface area contributed by atoms with E-state index in [1.807, 2.05) is 24.3 Å². The molecule has 0 spiro atoms. The molecule has 19 heavy (non-hydrogen) atoms. The third kappa shape index (κ3) is 5.73. The molecule has 1 rings (SSSR count). The molecule has 1 unspecified atom stereocenters. The van der Waals surface area contributed by atoms with Gasteiger partial charge in [-0.3, -0.25) is 0 Å². The van der Waals surface area contributed by atoms with E-state index in [9.17, 15) is 5.11 Å². The Morgan fingerprint density at radius 3 is 2.42 bits per heavy atom. The topological polar surface area (TPSA) is 59.3 Å². The molecule has 0 aromatic heterocycles. The molecule has 0 saturated carbocycles. The smallest absolute Gasteiger partial charge is 0.0839 e. The third-order valence-electron chi connectivity index (χ3n) is 3.14. The lowest BCUT2D eigenvalue weighted by atomic mass is 10.1. The highest BCUT2D eigenvalue weighted by Crippen LogP contribution is 2.10. The molecule has 4 nitrogen and oxygen atoms in total. The molecule has 2 N–H and O–H groups in total. The SMILES string of the molecule is CCN(CC)CC(O)CNc1ccc(CC#N)cc1. The molecule has 0 aliphatic rings. The van der Waals surface area contributed by atoms with Crippen LogP contribution in [-0.2, 0) is 6.42 Å². The number of hydrogen-bond donors (Lipinski definition) is 2. The predicted octanol–water partition coefficient (Wildman–Crippen LogP) is 1.87. The number of nitriles is 1. The Balaban J connectivity index is 2.37. The van der Waals surface area contributed by atoms with Crippen LogP contribution in [0.25, 0.3) is 0 Å². The first-order chi connectivity index (χ1) is 9.19. The van der Waals surface area contributed by atoms with Crippen LogP contribution < -0.4 is 5.32 Å². The molecule has 4 heteroatoms. The first-order valence-corrected chi connectivity index (χ1v) is 6.79. The molecule has 1 aromatic rings. The van der Waals surface area contributed by atoms with Crippen LogP contribution in [0.5, 0.6) is 0 Å². The first-order valence-electron chi connectivity index (χ1n) is 6.79. The number of nitrogens with zero attached hydrogens (tertiary/aromatic N) is 2. The number of hydrogen-bond acceptors (Lipinski definition) is 4. The summed E-state index contributed by atoms with van der Waals surface area (Å²) in [5.41, 5.74) is 1.98. The van der Waals surface area contributed by atoms with Gasteiger partial charge in [0.05, 0.1) is 18.6 Å². The molecule has 0 amide bonds. The van der Waals surface area contributed by atoms with Crippen LogP contribution in [0.15, 0.2) is 24.3 Å². The normalized spacial score (nSPS) is 12.2. The van der Waals surface area contributed by atoms with Gasteiger partial charge in [0, 0.05) is 18.8 Å². The Hall–Kier alpha value is -1.57. The van der Waals surface area contributed by atoms with Crippen molar-refractivity contribution in [2.24, 2.45) is 0 Å². The zero-order chi connectivity index (χ0) is 14.1. The van der Waals surface area contributed by atoms with Crippen molar-refractivity contribution in [1.82, 2.24) is 4.90 Å². The molecule has 0 bridgehead atoms. The van der Waals surface area contributed by atoms with E-state index in [2.05, 4.69) is 30.1 Å². The fourth-order valence-electron chi connectivity index (χ4n) is 1.91. The monoisotopic (exact) mass is 261 g/mol. The van der Waals surface area contributed by atoms with Crippen molar-refractivity contribution in [2.45, 2.75) is 26.4 Å². The molecule has 0 heterocycles. The average Bonchev–Trinajstić information content (AvgIpc) is 2.44. The minimum absolute atomic E-state index is 0.376. The van der Waals surface area contributed by atoms with Crippen LogP contribution in [0.3, 0.4) is 0 Å². The van der Waals surface area contributed by atoms with Crippen molar-refractivity contribution < 1.29 is 5.11 Å². The van der Waals surface area contributed by atoms with E-state index in [0.717, 1.165) is 24.3 Å². The van der Waals surface area contributed by atoms with E-state index < -0.39 is 0 Å². The number of nitrogens with one attached hydrogen (secondary N) is 1. The summed E-state index contributed by atoms with van der Waals surface area (Å²) in [6.45, 7) is 7.32. The lowest BCUT2D eigenvalue weighted by Gasteiger charge is -2.22. The fraction of sp³-hybridized carbons (Fsp3) is 0.533. The van der Waals surface area contributed by atoms with Crippen LogP contribution in [0.4, 0.5) is 5.69 Å². The maximum atomic E-state index is 9.93. The highest BCUT2D eigenvalue weighted by atomic mass is 16.3. The molecule has 1 aromatic carbocycles. The van der Waals surface area contributed by atoms with Gasteiger partial charge in [-0.05, 0) is 30.8 Å². The second-order valence-corrected chi connectivity index (χ2v) is 4.55. The molecular formula is C15H23N3O. The molecule has 1 atom stereocenters. The van der Waals surface area contributed by atoms with E-state index >= 15 is 0 Å². The van der Waals surface area contributed by atoms with Crippen molar-refractivity contribution in [1.29, 1.82) is 5.26 Å². The van der Waals surface area contributed by atoms with E-state index in [-0.39, 0.29) is 6.10 Å². The Kier molecular flexibility index (Phi) is 6.94. The van der Waals surface area contributed by atoms with Gasteiger partial charge in [0.2, 0.25) is 0 Å². The number of anilines is 1. The predicted molar refractivity (Wildman–Crippen MR) is 78.0 cm³/mol. The average molecular weight is 261 g/mol. The molecule has 0 aliphatic carbocycles. The summed E-state index contributed by atoms with van der Waals surface area (Å²) in [5, 5.41) is 21.7. The Morgan fingerprint density at radius 1 is 1.26 bits per heavy atom. The lowest BCUT2D eigenvalue weighted by molar-refractivity contribution is 0.128. The number of rotatable bonds is 8. The van der Waals surface area contributed by atoms with E-state index in [1.165, 1.54) is 0 Å². The van der Waals surface area contributed by atoms with E-state index in [4.69, 9.17) is 5.26 Å². The minimum atomic E-state index is -0.376. The van der Waals surface area contributed by atoms with Gasteiger partial charge in [-0.25, -0.2) is 0 Å². The van der Waals surface area contributed by atoms with Crippen molar-refractivity contribution >= 4 is 5.69 Å². The largest absolute Gasteiger partial charge is 0.390 e. The van der Waals surface area contributed by atoms with Crippen LogP contribution in [-0.4, -0.2) is 42.3 Å². The zero-order valence-electron chi connectivity index (χ0n) is 11.8. The van der Waals surface area contributed by atoms with Crippen molar-refractivity contribution in [3.8, 4) is 6.07 Å². The summed E-state index contributed by atoms with van der Waals surface area (Å²) < 4.78 is 0. The number of aliphatic hydroxyl groups excluding tert-OH is 1. The molecule has 0 saturated heterocycles. The van der Waals surface area contributed by atoms with E-state index in [1.54, 1.807) is 0 Å². The lowest BCUT2D eigenvalue weighted by Crippen LogP contribution is -2.35. The summed E-state index contributed by atoms with van der Waals surface area (Å²) in [6, 6.07) is 9.87. The first kappa shape index (κ1) is 15.5. The summed E-state index contributed by atoms with van der Waals surface area (Å²) in [6.07, 6.45) is 0.0592. The molecule has 0 radical (unpaired) electrons. The second-order valence-electron chi connectivity index (χ2n) is 4.55. The van der Waals surface area contributed by atoms with Crippen molar-refractivity contribution in [3.05, 3.63) is 29.8 Å². The van der Waals surface area contributed by atoms with Gasteiger partial charge < -0.3 is 15.3 Å². The van der Waals surface area contributed by atoms with Gasteiger partial charge in [0.25, 0.3) is 0 Å². The number of benzene rings is 1. The summed E-state index contributed by atoms with van der Waals surface area (Å²) in [7, 11) is 0. The highest BCUT2D eigenvalue weighted by Gasteiger charge is 2.08. The summed E-state index contributed by atoms with van der Waals surface area (Å²) >= 11 is 0. The van der Waals surface area contributed by atoms with Crippen molar-refractivity contribution in [3.63, 3.8) is 0 Å². The van der Waals surface area contributed by atoms with Crippen LogP contribution in [0, 0.1) is 11.3 Å². The Bertz CT molecular complexity index is 393. The van der Waals surface area contributed by atoms with Gasteiger partial charge in [-0.2, -0.15) is 5.26 Å². The molecule has 104 valence electrons. The van der Waals surface area contributed by atoms with Gasteiger partial charge >= 0.3 is 0 Å². The molecule has 0 aliphatic heterocycles. The second kappa shape index (κ2) is 8.52. The summed E-state index contributed by atoms with van der Waals surface area (Å²) in [4.78, 5) is 2.20. The van der Waals surface area contributed by atoms with Gasteiger partial charge in [-0.15, -0.1) is 0 Å². The standard InChI is InChI=1S/C15H23N3O/c1-3-18(4-2)12-15(19)11-17-14-7-5-13(6-8-14)9-10-16/h5-8,15,17,19H,3-4,9,11-12H2,1-2H3. The van der Waals surface area contributed by atoms with Crippen LogP contribution >= 0.6 is 0 Å². The van der Waals surface area contributed by atoms with Crippen molar-refractivity contribution in [2.75, 3.05) is 31.5 Å². The highest BCUT2D eigenvalue weighted by molar-refractivity contribution is 5.45. The van der Waals surface area contributed by atoms with E-state index in [0.29, 0.717) is 19.5 Å². The quantitative estimate of drug-likeness (QED) is 0.750. The maximum Gasteiger partial charge on any atom is 0.0839 e. The van der Waals surface area contributed by atoms with Gasteiger partial charge in [-0.1, -0.05) is 26.0 Å². The van der Waals surface area contributed by atoms with Crippen LogP contribution in [0.1, 0.15) is 19.4 Å². The number of likely N-dealkylation sites (N-methyl/N-ethyl adjacent to an activating group) is 1. The minimum Gasteiger partial charge on any atom is -0.390 e.